The van der Waals surface area contributed by atoms with Crippen LogP contribution >= 0.6 is 17.9 Å². The van der Waals surface area contributed by atoms with Crippen LogP contribution in [0.5, 0.6) is 0 Å². The van der Waals surface area contributed by atoms with Gasteiger partial charge in [-0.25, -0.2) is 0 Å². The van der Waals surface area contributed by atoms with Crippen LogP contribution < -0.4 is 10.6 Å². The molecule has 1 fully saturated rings. The Hall–Kier alpha value is -0.840. The predicted octanol–water partition coefficient (Wildman–Crippen LogP) is 4.75. The second-order valence-corrected chi connectivity index (χ2v) is 9.88. The minimum atomic E-state index is -1.75. The van der Waals surface area contributed by atoms with Gasteiger partial charge in [0.1, 0.15) is 10.6 Å². The van der Waals surface area contributed by atoms with E-state index in [0.717, 1.165) is 0 Å². The Bertz CT molecular complexity index is 478. The van der Waals surface area contributed by atoms with Gasteiger partial charge in [0, 0.05) is 0 Å². The van der Waals surface area contributed by atoms with E-state index in [2.05, 4.69) is 60.7 Å². The zero-order chi connectivity index (χ0) is 13.1. The van der Waals surface area contributed by atoms with Crippen molar-refractivity contribution in [3.63, 3.8) is 0 Å². The molecule has 3 rings (SSSR count). The summed E-state index contributed by atoms with van der Waals surface area (Å²) in [5, 5.41) is 2.68. The van der Waals surface area contributed by atoms with Crippen LogP contribution in [0.2, 0.25) is 0 Å². The largest absolute Gasteiger partial charge is 0.181 e. The predicted molar refractivity (Wildman–Crippen MR) is 87.2 cm³/mol. The van der Waals surface area contributed by atoms with Crippen LogP contribution in [0.4, 0.5) is 0 Å². The molecular formula is C17H19ClP+. The minimum absolute atomic E-state index is 0.652. The van der Waals surface area contributed by atoms with Crippen LogP contribution in [-0.2, 0) is 0 Å². The van der Waals surface area contributed by atoms with Crippen molar-refractivity contribution in [2.24, 2.45) is 0 Å². The summed E-state index contributed by atoms with van der Waals surface area (Å²) < 4.78 is 0. The van der Waals surface area contributed by atoms with Crippen molar-refractivity contribution in [1.82, 2.24) is 0 Å². The summed E-state index contributed by atoms with van der Waals surface area (Å²) in [5.41, 5.74) is 0.652. The molecule has 19 heavy (non-hydrogen) atoms. The lowest BCUT2D eigenvalue weighted by Crippen LogP contribution is -2.26. The monoisotopic (exact) mass is 289 g/mol. The number of rotatable bonds is 3. The highest BCUT2D eigenvalue weighted by Gasteiger charge is 2.50. The second-order valence-electron chi connectivity index (χ2n) is 5.25. The maximum atomic E-state index is 7.31. The van der Waals surface area contributed by atoms with E-state index in [9.17, 15) is 0 Å². The molecule has 2 aromatic rings. The fourth-order valence-electron chi connectivity index (χ4n) is 3.12. The molecule has 0 aliphatic heterocycles. The molecule has 0 saturated heterocycles. The van der Waals surface area contributed by atoms with Gasteiger partial charge in [0.05, 0.1) is 16.9 Å². The highest BCUT2D eigenvalue weighted by molar-refractivity contribution is 8.10. The molecule has 0 N–H and O–H groups in total. The molecule has 0 unspecified atom stereocenters. The van der Waals surface area contributed by atoms with Crippen molar-refractivity contribution >= 4 is 28.5 Å². The van der Waals surface area contributed by atoms with Crippen LogP contribution in [0.1, 0.15) is 25.7 Å². The number of benzene rings is 2. The van der Waals surface area contributed by atoms with Crippen molar-refractivity contribution in [1.29, 1.82) is 0 Å². The van der Waals surface area contributed by atoms with Gasteiger partial charge < -0.3 is 0 Å². The van der Waals surface area contributed by atoms with Crippen LogP contribution in [0.3, 0.4) is 0 Å². The smallest absolute Gasteiger partial charge is 0.0620 e. The van der Waals surface area contributed by atoms with E-state index in [1.165, 1.54) is 36.3 Å². The quantitative estimate of drug-likeness (QED) is 0.715. The first-order chi connectivity index (χ1) is 9.32. The zero-order valence-electron chi connectivity index (χ0n) is 11.0. The second kappa shape index (κ2) is 5.65. The third-order valence-electron chi connectivity index (χ3n) is 4.09. The molecular weight excluding hydrogens is 271 g/mol. The Kier molecular flexibility index (Phi) is 3.91. The van der Waals surface area contributed by atoms with Gasteiger partial charge >= 0.3 is 0 Å². The van der Waals surface area contributed by atoms with Gasteiger partial charge in [-0.15, -0.1) is 0 Å². The van der Waals surface area contributed by atoms with Gasteiger partial charge in [0.2, 0.25) is 0 Å². The van der Waals surface area contributed by atoms with Crippen molar-refractivity contribution in [3.8, 4) is 0 Å². The molecule has 0 spiro atoms. The van der Waals surface area contributed by atoms with E-state index in [-0.39, 0.29) is 0 Å². The summed E-state index contributed by atoms with van der Waals surface area (Å²) in [6, 6.07) is 21.5. The normalized spacial score (nSPS) is 16.7. The Morgan fingerprint density at radius 1 is 0.737 bits per heavy atom. The molecule has 0 heterocycles. The van der Waals surface area contributed by atoms with Gasteiger partial charge in [-0.2, -0.15) is 0 Å². The van der Waals surface area contributed by atoms with E-state index < -0.39 is 6.62 Å². The van der Waals surface area contributed by atoms with E-state index >= 15 is 0 Å². The lowest BCUT2D eigenvalue weighted by Gasteiger charge is -2.24. The molecule has 0 radical (unpaired) electrons. The van der Waals surface area contributed by atoms with Gasteiger partial charge in [0.25, 0.3) is 0 Å². The molecule has 1 saturated carbocycles. The fraction of sp³-hybridized carbons (Fsp3) is 0.294. The number of halogens is 1. The first-order valence-electron chi connectivity index (χ1n) is 7.01. The van der Waals surface area contributed by atoms with Crippen molar-refractivity contribution in [2.45, 2.75) is 31.3 Å². The summed E-state index contributed by atoms with van der Waals surface area (Å²) in [6.45, 7) is -1.75. The van der Waals surface area contributed by atoms with E-state index in [1.54, 1.807) is 0 Å². The Morgan fingerprint density at radius 2 is 1.16 bits per heavy atom. The molecule has 2 heteroatoms. The van der Waals surface area contributed by atoms with Gasteiger partial charge in [-0.1, -0.05) is 36.4 Å². The Labute approximate surface area is 120 Å². The number of hydrogen-bond donors (Lipinski definition) is 0. The summed E-state index contributed by atoms with van der Waals surface area (Å²) in [4.78, 5) is 0. The van der Waals surface area contributed by atoms with E-state index in [0.29, 0.717) is 5.66 Å². The van der Waals surface area contributed by atoms with Crippen LogP contribution in [-0.4, -0.2) is 5.66 Å². The van der Waals surface area contributed by atoms with Crippen LogP contribution in [0.25, 0.3) is 0 Å². The molecule has 1 aliphatic carbocycles. The molecule has 0 nitrogen and oxygen atoms in total. The van der Waals surface area contributed by atoms with Crippen LogP contribution in [0, 0.1) is 0 Å². The van der Waals surface area contributed by atoms with Crippen molar-refractivity contribution < 1.29 is 0 Å². The fourth-order valence-corrected chi connectivity index (χ4v) is 7.81. The molecule has 2 aromatic carbocycles. The lowest BCUT2D eigenvalue weighted by atomic mass is 10.3. The first-order valence-corrected chi connectivity index (χ1v) is 9.78. The maximum Gasteiger partial charge on any atom is 0.181 e. The summed E-state index contributed by atoms with van der Waals surface area (Å²) in [7, 11) is 0. The first kappa shape index (κ1) is 13.2. The lowest BCUT2D eigenvalue weighted by molar-refractivity contribution is 0.886. The third-order valence-corrected chi connectivity index (χ3v) is 9.71. The molecule has 0 bridgehead atoms. The molecule has 0 aromatic heterocycles. The summed E-state index contributed by atoms with van der Waals surface area (Å²) >= 11 is 7.31. The Balaban J connectivity index is 2.10. The van der Waals surface area contributed by atoms with Gasteiger partial charge in [-0.3, -0.25) is 0 Å². The standard InChI is InChI=1S/C17H19ClP/c18-19(17-13-7-8-14-17,15-9-3-1-4-10-15)16-11-5-2-6-12-16/h1-6,9-12,17H,7-8,13-14H2/q+1. The van der Waals surface area contributed by atoms with Crippen LogP contribution in [0.15, 0.2) is 60.7 Å². The summed E-state index contributed by atoms with van der Waals surface area (Å²) in [5.74, 6) is 0. The minimum Gasteiger partial charge on any atom is -0.0620 e. The van der Waals surface area contributed by atoms with E-state index in [1.807, 2.05) is 0 Å². The van der Waals surface area contributed by atoms with Crippen molar-refractivity contribution in [3.05, 3.63) is 60.7 Å². The van der Waals surface area contributed by atoms with Crippen molar-refractivity contribution in [2.75, 3.05) is 0 Å². The molecule has 0 amide bonds. The van der Waals surface area contributed by atoms with Gasteiger partial charge in [0.15, 0.2) is 6.62 Å². The van der Waals surface area contributed by atoms with Gasteiger partial charge in [-0.05, 0) is 49.9 Å². The third kappa shape index (κ3) is 2.45. The highest BCUT2D eigenvalue weighted by Crippen LogP contribution is 2.69. The average Bonchev–Trinajstić information content (AvgIpc) is 3.03. The molecule has 1 aliphatic rings. The summed E-state index contributed by atoms with van der Waals surface area (Å²) in [6.07, 6.45) is 5.22. The van der Waals surface area contributed by atoms with E-state index in [4.69, 9.17) is 11.2 Å². The Morgan fingerprint density at radius 3 is 1.58 bits per heavy atom. The maximum absolute atomic E-state index is 7.31. The topological polar surface area (TPSA) is 0 Å². The SMILES string of the molecule is Cl[P+](c1ccccc1)(c1ccccc1)C1CCCC1. The number of hydrogen-bond acceptors (Lipinski definition) is 0. The average molecular weight is 290 g/mol. The zero-order valence-corrected chi connectivity index (χ0v) is 12.7. The molecule has 0 atom stereocenters. The highest BCUT2D eigenvalue weighted by atomic mass is 35.7. The molecule has 98 valence electrons.